The molecule has 0 unspecified atom stereocenters. The molecule has 0 atom stereocenters. The number of nitrogens with zero attached hydrogens (tertiary/aromatic N) is 4. The number of carbonyl (C=O) groups excluding carboxylic acids is 1. The van der Waals surface area contributed by atoms with Crippen molar-refractivity contribution >= 4 is 47.2 Å². The number of aliphatic imine (C=N–C) groups is 1. The van der Waals surface area contributed by atoms with Crippen molar-refractivity contribution in [3.8, 4) is 0 Å². The number of hydrogen-bond acceptors (Lipinski definition) is 5. The molecule has 0 bridgehead atoms. The number of nitrogens with one attached hydrogen (secondary N) is 2. The highest BCUT2D eigenvalue weighted by Crippen LogP contribution is 2.26. The Labute approximate surface area is 195 Å². The number of aromatic nitrogens is 1. The van der Waals surface area contributed by atoms with E-state index in [1.54, 1.807) is 11.3 Å². The van der Waals surface area contributed by atoms with Crippen LogP contribution in [0.1, 0.15) is 42.5 Å². The lowest BCUT2D eigenvalue weighted by Crippen LogP contribution is -2.51. The van der Waals surface area contributed by atoms with Crippen LogP contribution in [0.3, 0.4) is 0 Å². The van der Waals surface area contributed by atoms with Gasteiger partial charge in [0.15, 0.2) is 5.96 Å². The van der Waals surface area contributed by atoms with Gasteiger partial charge in [-0.2, -0.15) is 0 Å². The van der Waals surface area contributed by atoms with Crippen LogP contribution in [0.4, 0.5) is 0 Å². The lowest BCUT2D eigenvalue weighted by Gasteiger charge is -2.36. The van der Waals surface area contributed by atoms with Crippen LogP contribution in [0.25, 0.3) is 0 Å². The van der Waals surface area contributed by atoms with Crippen molar-refractivity contribution in [3.63, 3.8) is 0 Å². The molecule has 1 saturated heterocycles. The van der Waals surface area contributed by atoms with E-state index in [1.165, 1.54) is 17.7 Å². The van der Waals surface area contributed by atoms with Gasteiger partial charge in [0.25, 0.3) is 0 Å². The Morgan fingerprint density at radius 1 is 1.24 bits per heavy atom. The van der Waals surface area contributed by atoms with Crippen molar-refractivity contribution < 1.29 is 4.79 Å². The van der Waals surface area contributed by atoms with Gasteiger partial charge >= 0.3 is 0 Å². The molecule has 2 N–H and O–H groups in total. The minimum Gasteiger partial charge on any atom is -0.357 e. The predicted octanol–water partition coefficient (Wildman–Crippen LogP) is 2.46. The summed E-state index contributed by atoms with van der Waals surface area (Å²) >= 11 is 1.69. The fraction of sp³-hybridized carbons (Fsp3) is 0.750. The minimum absolute atomic E-state index is 0. The third-order valence-electron chi connectivity index (χ3n) is 5.49. The molecule has 7 nitrogen and oxygen atoms in total. The molecule has 0 aromatic carbocycles. The van der Waals surface area contributed by atoms with Crippen molar-refractivity contribution in [1.29, 1.82) is 0 Å². The summed E-state index contributed by atoms with van der Waals surface area (Å²) in [7, 11) is 0. The van der Waals surface area contributed by atoms with E-state index < -0.39 is 0 Å². The average molecular weight is 535 g/mol. The molecule has 1 saturated carbocycles. The van der Waals surface area contributed by atoms with Crippen LogP contribution in [0.15, 0.2) is 11.2 Å². The summed E-state index contributed by atoms with van der Waals surface area (Å²) in [4.78, 5) is 27.3. The zero-order chi connectivity index (χ0) is 19.8. The molecule has 1 aliphatic heterocycles. The first-order chi connectivity index (χ1) is 13.7. The maximum Gasteiger partial charge on any atom is 0.225 e. The lowest BCUT2D eigenvalue weighted by molar-refractivity contribution is -0.137. The van der Waals surface area contributed by atoms with E-state index in [-0.39, 0.29) is 24.0 Å². The Balaban J connectivity index is 0.00000300. The van der Waals surface area contributed by atoms with Crippen LogP contribution in [-0.4, -0.2) is 72.5 Å². The molecule has 1 aromatic rings. The van der Waals surface area contributed by atoms with Gasteiger partial charge in [-0.25, -0.2) is 9.98 Å². The number of amides is 1. The van der Waals surface area contributed by atoms with Crippen LogP contribution in [0.2, 0.25) is 0 Å². The van der Waals surface area contributed by atoms with Gasteiger partial charge < -0.3 is 15.5 Å². The Bertz CT molecular complexity index is 653. The van der Waals surface area contributed by atoms with Crippen molar-refractivity contribution in [1.82, 2.24) is 25.4 Å². The summed E-state index contributed by atoms with van der Waals surface area (Å²) in [5, 5.41) is 7.75. The Morgan fingerprint density at radius 3 is 2.59 bits per heavy atom. The molecule has 3 rings (SSSR count). The normalized spacial score (nSPS) is 18.6. The average Bonchev–Trinajstić information content (AvgIpc) is 3.38. The third kappa shape index (κ3) is 7.67. The number of aryl methyl sites for hydroxylation is 1. The van der Waals surface area contributed by atoms with E-state index >= 15 is 0 Å². The minimum atomic E-state index is 0. The van der Waals surface area contributed by atoms with Crippen LogP contribution in [-0.2, 0) is 11.3 Å². The fourth-order valence-corrected chi connectivity index (χ4v) is 4.63. The molecule has 2 heterocycles. The molecule has 1 amide bonds. The third-order valence-corrected chi connectivity index (χ3v) is 6.39. The Hall–Kier alpha value is -0.940. The topological polar surface area (TPSA) is 72.9 Å². The van der Waals surface area contributed by atoms with Gasteiger partial charge in [0, 0.05) is 62.8 Å². The van der Waals surface area contributed by atoms with E-state index in [0.717, 1.165) is 69.6 Å². The van der Waals surface area contributed by atoms with Crippen molar-refractivity contribution in [2.24, 2.45) is 10.9 Å². The predicted molar refractivity (Wildman–Crippen MR) is 130 cm³/mol. The van der Waals surface area contributed by atoms with Gasteiger partial charge in [0.1, 0.15) is 5.01 Å². The second kappa shape index (κ2) is 12.7. The first kappa shape index (κ1) is 24.3. The number of piperazine rings is 1. The van der Waals surface area contributed by atoms with E-state index in [1.807, 2.05) is 6.20 Å². The molecular formula is C20H35IN6OS. The maximum absolute atomic E-state index is 12.5. The molecular weight excluding hydrogens is 499 g/mol. The Morgan fingerprint density at radius 2 is 1.97 bits per heavy atom. The van der Waals surface area contributed by atoms with Crippen molar-refractivity contribution in [3.05, 3.63) is 16.1 Å². The number of halogens is 1. The van der Waals surface area contributed by atoms with E-state index in [4.69, 9.17) is 0 Å². The first-order valence-corrected chi connectivity index (χ1v) is 11.4. The fourth-order valence-electron chi connectivity index (χ4n) is 3.92. The number of carbonyl (C=O) groups is 1. The highest BCUT2D eigenvalue weighted by atomic mass is 127. The molecule has 0 radical (unpaired) electrons. The number of guanidine groups is 1. The smallest absolute Gasteiger partial charge is 0.225 e. The SMILES string of the molecule is CCNC(=NCc1ncc(C)s1)NCCN1CCN(C(=O)C2CCCC2)CC1.I. The van der Waals surface area contributed by atoms with Gasteiger partial charge in [-0.3, -0.25) is 9.69 Å². The molecule has 164 valence electrons. The summed E-state index contributed by atoms with van der Waals surface area (Å²) in [6, 6.07) is 0. The zero-order valence-corrected chi connectivity index (χ0v) is 20.8. The summed E-state index contributed by atoms with van der Waals surface area (Å²) in [6.45, 7) is 11.1. The summed E-state index contributed by atoms with van der Waals surface area (Å²) in [5.74, 6) is 1.54. The quantitative estimate of drug-likeness (QED) is 0.320. The van der Waals surface area contributed by atoms with E-state index in [9.17, 15) is 4.79 Å². The highest BCUT2D eigenvalue weighted by molar-refractivity contribution is 14.0. The Kier molecular flexibility index (Phi) is 10.6. The molecule has 0 spiro atoms. The van der Waals surface area contributed by atoms with Crippen LogP contribution < -0.4 is 10.6 Å². The summed E-state index contributed by atoms with van der Waals surface area (Å²) in [5.41, 5.74) is 0. The second-order valence-electron chi connectivity index (χ2n) is 7.63. The molecule has 9 heteroatoms. The van der Waals surface area contributed by atoms with E-state index in [2.05, 4.69) is 44.3 Å². The van der Waals surface area contributed by atoms with Gasteiger partial charge in [-0.05, 0) is 26.7 Å². The lowest BCUT2D eigenvalue weighted by atomic mass is 10.1. The second-order valence-corrected chi connectivity index (χ2v) is 8.95. The summed E-state index contributed by atoms with van der Waals surface area (Å²) in [6.07, 6.45) is 6.53. The number of hydrogen-bond donors (Lipinski definition) is 2. The molecule has 2 fully saturated rings. The standard InChI is InChI=1S/C20H34N6OS.HI/c1-3-21-20(24-15-18-23-14-16(2)28-18)22-8-9-25-10-12-26(13-11-25)19(27)17-6-4-5-7-17;/h14,17H,3-13,15H2,1-2H3,(H2,21,22,24);1H. The molecule has 29 heavy (non-hydrogen) atoms. The first-order valence-electron chi connectivity index (χ1n) is 10.6. The van der Waals surface area contributed by atoms with Crippen molar-refractivity contribution in [2.75, 3.05) is 45.8 Å². The number of rotatable bonds is 7. The van der Waals surface area contributed by atoms with Crippen molar-refractivity contribution in [2.45, 2.75) is 46.1 Å². The largest absolute Gasteiger partial charge is 0.357 e. The molecule has 2 aliphatic rings. The molecule has 1 aliphatic carbocycles. The van der Waals surface area contributed by atoms with Gasteiger partial charge in [0.05, 0.1) is 6.54 Å². The maximum atomic E-state index is 12.5. The molecule has 1 aromatic heterocycles. The highest BCUT2D eigenvalue weighted by Gasteiger charge is 2.29. The summed E-state index contributed by atoms with van der Waals surface area (Å²) < 4.78 is 0. The van der Waals surface area contributed by atoms with Gasteiger partial charge in [-0.1, -0.05) is 12.8 Å². The monoisotopic (exact) mass is 534 g/mol. The van der Waals surface area contributed by atoms with Crippen LogP contribution in [0.5, 0.6) is 0 Å². The van der Waals surface area contributed by atoms with E-state index in [0.29, 0.717) is 18.4 Å². The zero-order valence-electron chi connectivity index (χ0n) is 17.7. The van der Waals surface area contributed by atoms with Gasteiger partial charge in [-0.15, -0.1) is 35.3 Å². The van der Waals surface area contributed by atoms with Crippen LogP contribution in [0, 0.1) is 12.8 Å². The van der Waals surface area contributed by atoms with Gasteiger partial charge in [0.2, 0.25) is 5.91 Å². The van der Waals surface area contributed by atoms with Crippen LogP contribution >= 0.6 is 35.3 Å². The number of thiazole rings is 1.